The molecular weight excluding hydrogens is 510 g/mol. The Labute approximate surface area is 247 Å². The van der Waals surface area contributed by atoms with Crippen molar-refractivity contribution in [1.82, 2.24) is 25.4 Å². The number of piperazine rings is 1. The van der Waals surface area contributed by atoms with E-state index in [-0.39, 0.29) is 16.7 Å². The number of carbonyl (C=O) groups is 1. The van der Waals surface area contributed by atoms with E-state index in [0.29, 0.717) is 32.6 Å². The largest absolute Gasteiger partial charge is 0.381 e. The van der Waals surface area contributed by atoms with E-state index in [1.807, 2.05) is 0 Å². The fourth-order valence-electron chi connectivity index (χ4n) is 5.34. The van der Waals surface area contributed by atoms with Gasteiger partial charge in [0.15, 0.2) is 0 Å². The lowest BCUT2D eigenvalue weighted by atomic mass is 9.85. The molecule has 0 atom stereocenters. The Morgan fingerprint density at radius 2 is 1.46 bits per heavy atom. The third-order valence-electron chi connectivity index (χ3n) is 8.36. The molecule has 0 aliphatic carbocycles. The third kappa shape index (κ3) is 8.18. The summed E-state index contributed by atoms with van der Waals surface area (Å²) in [5.74, 6) is -0.00962. The van der Waals surface area contributed by atoms with Gasteiger partial charge in [-0.05, 0) is 30.3 Å². The van der Waals surface area contributed by atoms with Crippen molar-refractivity contribution in [3.05, 3.63) is 71.1 Å². The van der Waals surface area contributed by atoms with Crippen LogP contribution in [0.3, 0.4) is 0 Å². The molecule has 41 heavy (non-hydrogen) atoms. The van der Waals surface area contributed by atoms with Crippen molar-refractivity contribution >= 4 is 11.6 Å². The van der Waals surface area contributed by atoms with Crippen molar-refractivity contribution in [3.8, 4) is 0 Å². The zero-order valence-electron chi connectivity index (χ0n) is 26.4. The number of likely N-dealkylation sites (N-methyl/N-ethyl adjacent to an activating group) is 1. The number of hydrogen-bond donors (Lipinski definition) is 2. The van der Waals surface area contributed by atoms with Gasteiger partial charge in [0.2, 0.25) is 5.91 Å². The maximum atomic E-state index is 13.8. The maximum absolute atomic E-state index is 13.8. The van der Waals surface area contributed by atoms with E-state index in [0.717, 1.165) is 60.9 Å². The molecule has 2 aromatic rings. The van der Waals surface area contributed by atoms with E-state index in [4.69, 9.17) is 9.72 Å². The minimum Gasteiger partial charge on any atom is -0.381 e. The number of amides is 1. The third-order valence-corrected chi connectivity index (χ3v) is 8.36. The van der Waals surface area contributed by atoms with E-state index in [9.17, 15) is 4.79 Å². The van der Waals surface area contributed by atoms with Gasteiger partial charge in [-0.25, -0.2) is 0 Å². The van der Waals surface area contributed by atoms with Crippen LogP contribution in [0.5, 0.6) is 0 Å². The smallest absolute Gasteiger partial charge is 0.246 e. The highest BCUT2D eigenvalue weighted by atomic mass is 16.5. The number of aromatic nitrogens is 1. The molecule has 0 radical (unpaired) electrons. The Hall–Kier alpha value is -2.74. The monoisotopic (exact) mass is 561 g/mol. The van der Waals surface area contributed by atoms with E-state index in [1.165, 1.54) is 5.56 Å². The summed E-state index contributed by atoms with van der Waals surface area (Å²) in [6.45, 7) is 24.4. The van der Waals surface area contributed by atoms with Crippen LogP contribution in [0.2, 0.25) is 0 Å². The predicted octanol–water partition coefficient (Wildman–Crippen LogP) is 4.85. The van der Waals surface area contributed by atoms with E-state index >= 15 is 0 Å². The Morgan fingerprint density at radius 3 is 2.00 bits per heavy atom. The van der Waals surface area contributed by atoms with E-state index < -0.39 is 5.54 Å². The van der Waals surface area contributed by atoms with Crippen LogP contribution < -0.4 is 10.6 Å². The highest BCUT2D eigenvalue weighted by molar-refractivity contribution is 5.88. The van der Waals surface area contributed by atoms with Gasteiger partial charge in [0.25, 0.3) is 0 Å². The molecule has 1 aromatic carbocycles. The van der Waals surface area contributed by atoms with Gasteiger partial charge in [0.1, 0.15) is 5.54 Å². The number of nitrogens with zero attached hydrogens (tertiary/aromatic N) is 3. The molecule has 0 spiro atoms. The molecule has 2 fully saturated rings. The summed E-state index contributed by atoms with van der Waals surface area (Å²) in [6.07, 6.45) is 1.18. The molecule has 2 N–H and O–H groups in total. The van der Waals surface area contributed by atoms with Crippen LogP contribution in [-0.2, 0) is 33.5 Å². The number of nitrogens with one attached hydrogen (secondary N) is 2. The minimum atomic E-state index is -0.774. The summed E-state index contributed by atoms with van der Waals surface area (Å²) in [5, 5.41) is 6.79. The first kappa shape index (κ1) is 31.2. The number of hydrogen-bond acceptors (Lipinski definition) is 6. The molecule has 224 valence electrons. The molecule has 2 saturated heterocycles. The van der Waals surface area contributed by atoms with Crippen LogP contribution in [0.15, 0.2) is 43.0 Å². The van der Waals surface area contributed by atoms with Crippen molar-refractivity contribution in [2.75, 3.05) is 46.4 Å². The second-order valence-electron chi connectivity index (χ2n) is 14.0. The Balaban J connectivity index is 1.44. The summed E-state index contributed by atoms with van der Waals surface area (Å²) < 4.78 is 5.67. The number of rotatable bonds is 8. The molecule has 0 saturated carbocycles. The number of ether oxygens (including phenoxy) is 1. The summed E-state index contributed by atoms with van der Waals surface area (Å²) in [4.78, 5) is 23.6. The first-order valence-electron chi connectivity index (χ1n) is 15.1. The zero-order chi connectivity index (χ0) is 29.8. The van der Waals surface area contributed by atoms with Crippen molar-refractivity contribution in [2.24, 2.45) is 0 Å². The van der Waals surface area contributed by atoms with Crippen LogP contribution in [-0.4, -0.2) is 72.7 Å². The Morgan fingerprint density at radius 1 is 0.927 bits per heavy atom. The van der Waals surface area contributed by atoms with Crippen LogP contribution in [0.1, 0.15) is 82.5 Å². The standard InChI is InChI=1S/C34H51N5O2/c1-25(28-21-29(32(2,3)4)36-30(22-28)33(5,6)7)37-34(13-19-41-20-14-34)31(40)35-23-26-9-11-27(12-10-26)24-39-17-15-38(8)16-18-39/h9-12,21-22,37H,1,13-20,23-24H2,2-8H3,(H,35,40). The number of pyridine rings is 1. The van der Waals surface area contributed by atoms with Crippen LogP contribution in [0.25, 0.3) is 5.70 Å². The average molecular weight is 562 g/mol. The second-order valence-corrected chi connectivity index (χ2v) is 14.0. The van der Waals surface area contributed by atoms with Gasteiger partial charge in [-0.15, -0.1) is 0 Å². The van der Waals surface area contributed by atoms with Crippen molar-refractivity contribution in [2.45, 2.75) is 83.8 Å². The summed E-state index contributed by atoms with van der Waals surface area (Å²) in [6, 6.07) is 12.9. The summed E-state index contributed by atoms with van der Waals surface area (Å²) in [5.41, 5.74) is 5.18. The molecule has 4 rings (SSSR count). The highest BCUT2D eigenvalue weighted by Gasteiger charge is 2.40. The molecule has 0 bridgehead atoms. The second kappa shape index (κ2) is 12.6. The highest BCUT2D eigenvalue weighted by Crippen LogP contribution is 2.31. The molecule has 3 heterocycles. The van der Waals surface area contributed by atoms with Gasteiger partial charge in [-0.2, -0.15) is 0 Å². The van der Waals surface area contributed by atoms with Crippen molar-refractivity contribution in [1.29, 1.82) is 0 Å². The molecule has 2 aliphatic rings. The first-order valence-corrected chi connectivity index (χ1v) is 15.1. The average Bonchev–Trinajstić information content (AvgIpc) is 2.93. The van der Waals surface area contributed by atoms with Gasteiger partial charge >= 0.3 is 0 Å². The van der Waals surface area contributed by atoms with Crippen LogP contribution in [0.4, 0.5) is 0 Å². The van der Waals surface area contributed by atoms with Gasteiger partial charge in [0.05, 0.1) is 0 Å². The lowest BCUT2D eigenvalue weighted by molar-refractivity contribution is -0.131. The van der Waals surface area contributed by atoms with Crippen LogP contribution in [0, 0.1) is 0 Å². The fraction of sp³-hybridized carbons (Fsp3) is 0.588. The van der Waals surface area contributed by atoms with Crippen molar-refractivity contribution < 1.29 is 9.53 Å². The zero-order valence-corrected chi connectivity index (χ0v) is 26.4. The molecule has 0 unspecified atom stereocenters. The molecule has 7 heteroatoms. The molecule has 2 aliphatic heterocycles. The lowest BCUT2D eigenvalue weighted by Crippen LogP contribution is -2.58. The normalized spacial score (nSPS) is 18.6. The SMILES string of the molecule is C=C(NC1(C(=O)NCc2ccc(CN3CCN(C)CC3)cc2)CCOCC1)c1cc(C(C)(C)C)nc(C(C)(C)C)c1. The van der Waals surface area contributed by atoms with Gasteiger partial charge in [0, 0.05) is 98.8 Å². The Kier molecular flexibility index (Phi) is 9.62. The van der Waals surface area contributed by atoms with Crippen molar-refractivity contribution in [3.63, 3.8) is 0 Å². The quantitative estimate of drug-likeness (QED) is 0.480. The Bertz CT molecular complexity index is 1160. The van der Waals surface area contributed by atoms with E-state index in [1.54, 1.807) is 0 Å². The summed E-state index contributed by atoms with van der Waals surface area (Å²) in [7, 11) is 2.18. The maximum Gasteiger partial charge on any atom is 0.246 e. The van der Waals surface area contributed by atoms with Gasteiger partial charge in [-0.1, -0.05) is 72.4 Å². The fourth-order valence-corrected chi connectivity index (χ4v) is 5.34. The van der Waals surface area contributed by atoms with Gasteiger partial charge in [-0.3, -0.25) is 14.7 Å². The van der Waals surface area contributed by atoms with E-state index in [2.05, 4.69) is 112 Å². The first-order chi connectivity index (χ1) is 19.2. The summed E-state index contributed by atoms with van der Waals surface area (Å²) >= 11 is 0. The molecular formula is C34H51N5O2. The predicted molar refractivity (Wildman–Crippen MR) is 168 cm³/mol. The number of benzene rings is 1. The van der Waals surface area contributed by atoms with Gasteiger partial charge < -0.3 is 20.3 Å². The topological polar surface area (TPSA) is 69.7 Å². The van der Waals surface area contributed by atoms with Crippen LogP contribution >= 0.6 is 0 Å². The minimum absolute atomic E-state index is 0.00962. The number of carbonyl (C=O) groups excluding carboxylic acids is 1. The molecule has 1 aromatic heterocycles. The lowest BCUT2D eigenvalue weighted by Gasteiger charge is -2.38. The molecule has 1 amide bonds. The molecule has 7 nitrogen and oxygen atoms in total.